The molecule has 0 aliphatic rings. The quantitative estimate of drug-likeness (QED) is 0.179. The second kappa shape index (κ2) is 13.8. The van der Waals surface area contributed by atoms with E-state index in [0.29, 0.717) is 53.9 Å². The summed E-state index contributed by atoms with van der Waals surface area (Å²) in [5.74, 6) is 0.717. The first kappa shape index (κ1) is 29.6. The average molecular weight is 569 g/mol. The molecule has 41 heavy (non-hydrogen) atoms. The Morgan fingerprint density at radius 3 is 2.22 bits per heavy atom. The molecular weight excluding hydrogens is 537 g/mol. The Balaban J connectivity index is 1.51. The summed E-state index contributed by atoms with van der Waals surface area (Å²) in [5.41, 5.74) is 1.25. The molecule has 0 aliphatic heterocycles. The Morgan fingerprint density at radius 1 is 0.878 bits per heavy atom. The van der Waals surface area contributed by atoms with E-state index in [1.165, 1.54) is 16.8 Å². The van der Waals surface area contributed by atoms with Crippen LogP contribution >= 0.6 is 0 Å². The molecule has 0 fully saturated rings. The minimum absolute atomic E-state index is 0.0547. The highest BCUT2D eigenvalue weighted by molar-refractivity contribution is 6.04. The number of anilines is 1. The molecule has 8 nitrogen and oxygen atoms in total. The van der Waals surface area contributed by atoms with Gasteiger partial charge in [-0.15, -0.1) is 5.10 Å². The molecule has 0 radical (unpaired) electrons. The van der Waals surface area contributed by atoms with Gasteiger partial charge in [-0.2, -0.15) is 18.2 Å². The van der Waals surface area contributed by atoms with Gasteiger partial charge < -0.3 is 19.5 Å². The van der Waals surface area contributed by atoms with E-state index in [4.69, 9.17) is 14.2 Å². The van der Waals surface area contributed by atoms with E-state index in [1.54, 1.807) is 48.5 Å². The van der Waals surface area contributed by atoms with Gasteiger partial charge in [0, 0.05) is 23.4 Å². The Labute approximate surface area is 236 Å². The standard InChI is InChI=1S/C30H31F3N4O4/c1-3-5-18-40-26-16-8-22(9-17-26)28(38)34-24-12-14-25(15-13-24)37-27(35-29(36-37)41-20-19-39-4-2)21-6-10-23(11-7-21)30(31,32)33/h6-17H,3-5,18-20H2,1-2H3,(H,34,38). The number of aromatic nitrogens is 3. The smallest absolute Gasteiger partial charge is 0.416 e. The van der Waals surface area contributed by atoms with Gasteiger partial charge in [0.25, 0.3) is 5.91 Å². The number of unbranched alkanes of at least 4 members (excludes halogenated alkanes) is 1. The predicted octanol–water partition coefficient (Wildman–Crippen LogP) is 6.80. The zero-order chi connectivity index (χ0) is 29.2. The van der Waals surface area contributed by atoms with Gasteiger partial charge in [0.05, 0.1) is 24.5 Å². The first-order valence-electron chi connectivity index (χ1n) is 13.3. The lowest BCUT2D eigenvalue weighted by Gasteiger charge is -2.10. The summed E-state index contributed by atoms with van der Waals surface area (Å²) in [6, 6.07) is 18.5. The SMILES string of the molecule is CCCCOc1ccc(C(=O)Nc2ccc(-n3nc(OCCOCC)nc3-c3ccc(C(F)(F)F)cc3)cc2)cc1. The van der Waals surface area contributed by atoms with Crippen molar-refractivity contribution in [2.75, 3.05) is 31.7 Å². The summed E-state index contributed by atoms with van der Waals surface area (Å²) in [7, 11) is 0. The van der Waals surface area contributed by atoms with Gasteiger partial charge >= 0.3 is 12.2 Å². The molecule has 1 aromatic heterocycles. The summed E-state index contributed by atoms with van der Waals surface area (Å²) in [4.78, 5) is 17.1. The maximum atomic E-state index is 13.1. The molecule has 11 heteroatoms. The highest BCUT2D eigenvalue weighted by Crippen LogP contribution is 2.31. The van der Waals surface area contributed by atoms with Crippen molar-refractivity contribution in [3.05, 3.63) is 83.9 Å². The van der Waals surface area contributed by atoms with E-state index < -0.39 is 11.7 Å². The van der Waals surface area contributed by atoms with Crippen molar-refractivity contribution >= 4 is 11.6 Å². The fourth-order valence-electron chi connectivity index (χ4n) is 3.79. The lowest BCUT2D eigenvalue weighted by atomic mass is 10.1. The van der Waals surface area contributed by atoms with Crippen molar-refractivity contribution in [2.45, 2.75) is 32.9 Å². The van der Waals surface area contributed by atoms with Crippen LogP contribution in [-0.4, -0.2) is 47.1 Å². The van der Waals surface area contributed by atoms with Crippen LogP contribution in [0.15, 0.2) is 72.8 Å². The second-order valence-electron chi connectivity index (χ2n) is 8.98. The van der Waals surface area contributed by atoms with Crippen LogP contribution < -0.4 is 14.8 Å². The Bertz CT molecular complexity index is 1400. The topological polar surface area (TPSA) is 87.5 Å². The number of hydrogen-bond donors (Lipinski definition) is 1. The van der Waals surface area contributed by atoms with E-state index in [1.807, 2.05) is 6.92 Å². The third-order valence-electron chi connectivity index (χ3n) is 5.97. The van der Waals surface area contributed by atoms with Crippen LogP contribution in [0.2, 0.25) is 0 Å². The molecular formula is C30H31F3N4O4. The first-order chi connectivity index (χ1) is 19.8. The molecule has 0 unspecified atom stereocenters. The van der Waals surface area contributed by atoms with Crippen molar-refractivity contribution < 1.29 is 32.2 Å². The van der Waals surface area contributed by atoms with Gasteiger partial charge in [-0.3, -0.25) is 4.79 Å². The summed E-state index contributed by atoms with van der Waals surface area (Å²) < 4.78 is 57.2. The van der Waals surface area contributed by atoms with E-state index in [0.717, 1.165) is 25.0 Å². The van der Waals surface area contributed by atoms with Gasteiger partial charge in [0.1, 0.15) is 12.4 Å². The molecule has 4 rings (SSSR count). The molecule has 4 aromatic rings. The molecule has 0 aliphatic carbocycles. The predicted molar refractivity (Wildman–Crippen MR) is 149 cm³/mol. The number of carbonyl (C=O) groups excluding carboxylic acids is 1. The highest BCUT2D eigenvalue weighted by Gasteiger charge is 2.30. The van der Waals surface area contributed by atoms with Gasteiger partial charge in [-0.25, -0.2) is 4.68 Å². The second-order valence-corrected chi connectivity index (χ2v) is 8.98. The maximum absolute atomic E-state index is 13.1. The van der Waals surface area contributed by atoms with Crippen LogP contribution in [0.3, 0.4) is 0 Å². The van der Waals surface area contributed by atoms with Crippen LogP contribution in [0.4, 0.5) is 18.9 Å². The van der Waals surface area contributed by atoms with Crippen molar-refractivity contribution in [3.63, 3.8) is 0 Å². The van der Waals surface area contributed by atoms with Crippen LogP contribution in [0.1, 0.15) is 42.6 Å². The zero-order valence-corrected chi connectivity index (χ0v) is 22.8. The lowest BCUT2D eigenvalue weighted by Crippen LogP contribution is -2.12. The van der Waals surface area contributed by atoms with Crippen molar-refractivity contribution in [1.82, 2.24) is 14.8 Å². The third-order valence-corrected chi connectivity index (χ3v) is 5.97. The third kappa shape index (κ3) is 8.07. The molecule has 0 atom stereocenters. The van der Waals surface area contributed by atoms with Gasteiger partial charge in [0.15, 0.2) is 5.82 Å². The van der Waals surface area contributed by atoms with Crippen molar-refractivity contribution in [3.8, 4) is 28.8 Å². The molecule has 216 valence electrons. The number of nitrogens with one attached hydrogen (secondary N) is 1. The number of benzene rings is 3. The number of carbonyl (C=O) groups is 1. The number of ether oxygens (including phenoxy) is 3. The Hall–Kier alpha value is -4.38. The Kier molecular flexibility index (Phi) is 9.96. The summed E-state index contributed by atoms with van der Waals surface area (Å²) in [6.45, 7) is 5.66. The number of hydrogen-bond acceptors (Lipinski definition) is 6. The van der Waals surface area contributed by atoms with Crippen LogP contribution in [-0.2, 0) is 10.9 Å². The number of alkyl halides is 3. The number of rotatable bonds is 13. The van der Waals surface area contributed by atoms with Crippen molar-refractivity contribution in [2.24, 2.45) is 0 Å². The normalized spacial score (nSPS) is 11.3. The minimum atomic E-state index is -4.45. The fraction of sp³-hybridized carbons (Fsp3) is 0.300. The van der Waals surface area contributed by atoms with Gasteiger partial charge in [-0.1, -0.05) is 25.5 Å². The van der Waals surface area contributed by atoms with E-state index in [2.05, 4.69) is 22.3 Å². The molecule has 0 saturated heterocycles. The van der Waals surface area contributed by atoms with Crippen LogP contribution in [0.5, 0.6) is 11.8 Å². The number of halogens is 3. The van der Waals surface area contributed by atoms with Gasteiger partial charge in [-0.05, 0) is 74.0 Å². The minimum Gasteiger partial charge on any atom is -0.494 e. The molecule has 3 aromatic carbocycles. The first-order valence-corrected chi connectivity index (χ1v) is 13.3. The molecule has 1 N–H and O–H groups in total. The van der Waals surface area contributed by atoms with Crippen molar-refractivity contribution in [1.29, 1.82) is 0 Å². The molecule has 1 amide bonds. The Morgan fingerprint density at radius 2 is 1.59 bits per heavy atom. The summed E-state index contributed by atoms with van der Waals surface area (Å²) >= 11 is 0. The molecule has 0 saturated carbocycles. The molecule has 0 bridgehead atoms. The lowest BCUT2D eigenvalue weighted by molar-refractivity contribution is -0.137. The number of amides is 1. The highest BCUT2D eigenvalue weighted by atomic mass is 19.4. The molecule has 1 heterocycles. The fourth-order valence-corrected chi connectivity index (χ4v) is 3.79. The largest absolute Gasteiger partial charge is 0.494 e. The molecule has 0 spiro atoms. The van der Waals surface area contributed by atoms with Crippen LogP contribution in [0.25, 0.3) is 17.1 Å². The van der Waals surface area contributed by atoms with E-state index >= 15 is 0 Å². The van der Waals surface area contributed by atoms with E-state index in [-0.39, 0.29) is 18.5 Å². The van der Waals surface area contributed by atoms with Gasteiger partial charge in [0.2, 0.25) is 0 Å². The monoisotopic (exact) mass is 568 g/mol. The number of nitrogens with zero attached hydrogens (tertiary/aromatic N) is 3. The summed E-state index contributed by atoms with van der Waals surface area (Å²) in [6.07, 6.45) is -2.46. The average Bonchev–Trinajstić information content (AvgIpc) is 3.40. The zero-order valence-electron chi connectivity index (χ0n) is 22.8. The summed E-state index contributed by atoms with van der Waals surface area (Å²) in [5, 5.41) is 7.26. The van der Waals surface area contributed by atoms with Crippen LogP contribution in [0, 0.1) is 0 Å². The van der Waals surface area contributed by atoms with E-state index in [9.17, 15) is 18.0 Å². The maximum Gasteiger partial charge on any atom is 0.416 e.